The fourth-order valence-electron chi connectivity index (χ4n) is 1.59. The quantitative estimate of drug-likeness (QED) is 0.704. The molecule has 2 N–H and O–H groups in total. The van der Waals surface area contributed by atoms with Gasteiger partial charge in [0, 0.05) is 26.7 Å². The Bertz CT molecular complexity index is 351. The molecule has 1 heterocycles. The van der Waals surface area contributed by atoms with E-state index in [4.69, 9.17) is 5.73 Å². The maximum Gasteiger partial charge on any atom is 0.282 e. The molecule has 0 radical (unpaired) electrons. The van der Waals surface area contributed by atoms with E-state index in [1.54, 1.807) is 7.05 Å². The van der Waals surface area contributed by atoms with E-state index in [0.29, 0.717) is 32.6 Å². The van der Waals surface area contributed by atoms with Crippen LogP contribution < -0.4 is 5.73 Å². The molecule has 0 aromatic rings. The van der Waals surface area contributed by atoms with Crippen molar-refractivity contribution in [2.24, 2.45) is 5.73 Å². The summed E-state index contributed by atoms with van der Waals surface area (Å²) in [6.45, 7) is 4.09. The normalized spacial score (nSPS) is 18.9. The summed E-state index contributed by atoms with van der Waals surface area (Å²) in [4.78, 5) is 0. The summed E-state index contributed by atoms with van der Waals surface area (Å²) >= 11 is 0. The van der Waals surface area contributed by atoms with Crippen molar-refractivity contribution < 1.29 is 8.42 Å². The molecule has 0 saturated carbocycles. The van der Waals surface area contributed by atoms with Gasteiger partial charge in [-0.3, -0.25) is 0 Å². The Labute approximate surface area is 98.1 Å². The first kappa shape index (κ1) is 13.6. The van der Waals surface area contributed by atoms with Crippen molar-refractivity contribution >= 4 is 10.2 Å². The second-order valence-electron chi connectivity index (χ2n) is 4.13. The van der Waals surface area contributed by atoms with E-state index >= 15 is 0 Å². The number of nitrogens with zero attached hydrogens (tertiary/aromatic N) is 2. The summed E-state index contributed by atoms with van der Waals surface area (Å²) in [5.41, 5.74) is 6.63. The molecule has 0 spiro atoms. The monoisotopic (exact) mass is 247 g/mol. The molecule has 5 nitrogen and oxygen atoms in total. The fourth-order valence-corrected chi connectivity index (χ4v) is 2.93. The van der Waals surface area contributed by atoms with E-state index in [9.17, 15) is 8.42 Å². The van der Waals surface area contributed by atoms with Gasteiger partial charge in [0.25, 0.3) is 10.2 Å². The highest BCUT2D eigenvalue weighted by Gasteiger charge is 2.26. The molecule has 0 unspecified atom stereocenters. The lowest BCUT2D eigenvalue weighted by atomic mass is 10.1. The third-order valence-electron chi connectivity index (χ3n) is 2.80. The number of rotatable bonds is 5. The number of hydrogen-bond donors (Lipinski definition) is 1. The minimum absolute atomic E-state index is 0.484. The van der Waals surface area contributed by atoms with E-state index in [1.807, 2.05) is 13.0 Å². The third kappa shape index (κ3) is 3.28. The first-order chi connectivity index (χ1) is 7.48. The predicted molar refractivity (Wildman–Crippen MR) is 65.2 cm³/mol. The van der Waals surface area contributed by atoms with Crippen LogP contribution in [-0.2, 0) is 10.2 Å². The zero-order valence-corrected chi connectivity index (χ0v) is 10.8. The molecule has 0 aromatic carbocycles. The summed E-state index contributed by atoms with van der Waals surface area (Å²) in [5.74, 6) is 0. The molecule has 1 rings (SSSR count). The summed E-state index contributed by atoms with van der Waals surface area (Å²) in [5, 5.41) is 0. The van der Waals surface area contributed by atoms with Gasteiger partial charge in [0.05, 0.1) is 0 Å². The van der Waals surface area contributed by atoms with Crippen molar-refractivity contribution in [3.05, 3.63) is 11.6 Å². The molecule has 16 heavy (non-hydrogen) atoms. The largest absolute Gasteiger partial charge is 0.330 e. The van der Waals surface area contributed by atoms with Gasteiger partial charge in [-0.05, 0) is 26.3 Å². The van der Waals surface area contributed by atoms with E-state index < -0.39 is 10.2 Å². The molecule has 0 atom stereocenters. The third-order valence-corrected chi connectivity index (χ3v) is 4.75. The minimum atomic E-state index is -3.29. The van der Waals surface area contributed by atoms with Crippen LogP contribution in [0.4, 0.5) is 0 Å². The highest BCUT2D eigenvalue weighted by atomic mass is 32.2. The average molecular weight is 247 g/mol. The first-order valence-corrected chi connectivity index (χ1v) is 6.95. The van der Waals surface area contributed by atoms with Crippen LogP contribution >= 0.6 is 0 Å². The summed E-state index contributed by atoms with van der Waals surface area (Å²) in [6, 6.07) is 0. The molecule has 0 aromatic heterocycles. The zero-order valence-electron chi connectivity index (χ0n) is 10.0. The lowest BCUT2D eigenvalue weighted by molar-refractivity contribution is 0.369. The molecule has 0 saturated heterocycles. The highest BCUT2D eigenvalue weighted by molar-refractivity contribution is 7.86. The lowest BCUT2D eigenvalue weighted by Crippen LogP contribution is -2.44. The molecule has 1 aliphatic rings. The Kier molecular flexibility index (Phi) is 4.91. The van der Waals surface area contributed by atoms with E-state index in [-0.39, 0.29) is 0 Å². The Morgan fingerprint density at radius 1 is 1.56 bits per heavy atom. The Morgan fingerprint density at radius 3 is 2.75 bits per heavy atom. The van der Waals surface area contributed by atoms with Gasteiger partial charge >= 0.3 is 0 Å². The van der Waals surface area contributed by atoms with Crippen LogP contribution in [0.1, 0.15) is 19.8 Å². The Morgan fingerprint density at radius 2 is 2.25 bits per heavy atom. The maximum atomic E-state index is 12.1. The molecule has 0 fully saturated rings. The first-order valence-electron chi connectivity index (χ1n) is 5.55. The molecule has 1 aliphatic heterocycles. The molecule has 6 heteroatoms. The topological polar surface area (TPSA) is 66.6 Å². The van der Waals surface area contributed by atoms with E-state index in [2.05, 4.69) is 0 Å². The van der Waals surface area contributed by atoms with Gasteiger partial charge in [0.2, 0.25) is 0 Å². The summed E-state index contributed by atoms with van der Waals surface area (Å²) in [6.07, 6.45) is 3.49. The van der Waals surface area contributed by atoms with Crippen molar-refractivity contribution in [2.45, 2.75) is 19.8 Å². The summed E-state index contributed by atoms with van der Waals surface area (Å²) < 4.78 is 27.1. The number of nitrogens with two attached hydrogens (primary N) is 1. The zero-order chi connectivity index (χ0) is 12.2. The summed E-state index contributed by atoms with van der Waals surface area (Å²) in [7, 11) is -1.68. The molecule has 0 aliphatic carbocycles. The predicted octanol–water partition coefficient (Wildman–Crippen LogP) is 0.164. The van der Waals surface area contributed by atoms with Gasteiger partial charge in [-0.2, -0.15) is 17.0 Å². The molecule has 94 valence electrons. The lowest BCUT2D eigenvalue weighted by Gasteiger charge is -2.29. The standard InChI is InChI=1S/C10H21N3O2S/c1-10-4-8-13(9-5-10)16(14,15)12(2)7-3-6-11/h4H,3,5-9,11H2,1-2H3. The average Bonchev–Trinajstić information content (AvgIpc) is 2.26. The van der Waals surface area contributed by atoms with Crippen molar-refractivity contribution in [2.75, 3.05) is 33.2 Å². The van der Waals surface area contributed by atoms with Crippen LogP contribution in [0.5, 0.6) is 0 Å². The fraction of sp³-hybridized carbons (Fsp3) is 0.800. The second kappa shape index (κ2) is 5.77. The maximum absolute atomic E-state index is 12.1. The van der Waals surface area contributed by atoms with Crippen LogP contribution in [0.25, 0.3) is 0 Å². The van der Waals surface area contributed by atoms with Crippen molar-refractivity contribution in [3.63, 3.8) is 0 Å². The van der Waals surface area contributed by atoms with Crippen LogP contribution in [0.3, 0.4) is 0 Å². The van der Waals surface area contributed by atoms with Crippen LogP contribution in [0.2, 0.25) is 0 Å². The van der Waals surface area contributed by atoms with Gasteiger partial charge in [-0.1, -0.05) is 11.6 Å². The van der Waals surface area contributed by atoms with Gasteiger partial charge in [0.15, 0.2) is 0 Å². The smallest absolute Gasteiger partial charge is 0.282 e. The Hall–Kier alpha value is -0.430. The van der Waals surface area contributed by atoms with Gasteiger partial charge in [-0.15, -0.1) is 0 Å². The van der Waals surface area contributed by atoms with E-state index in [0.717, 1.165) is 6.42 Å². The van der Waals surface area contributed by atoms with Crippen molar-refractivity contribution in [1.29, 1.82) is 0 Å². The SMILES string of the molecule is CC1=CCN(S(=O)(=O)N(C)CCCN)CC1. The number of hydrogen-bond acceptors (Lipinski definition) is 3. The Balaban J connectivity index is 2.63. The van der Waals surface area contributed by atoms with Gasteiger partial charge in [0.1, 0.15) is 0 Å². The minimum Gasteiger partial charge on any atom is -0.330 e. The van der Waals surface area contributed by atoms with Crippen molar-refractivity contribution in [3.8, 4) is 0 Å². The highest BCUT2D eigenvalue weighted by Crippen LogP contribution is 2.15. The van der Waals surface area contributed by atoms with Crippen LogP contribution in [0.15, 0.2) is 11.6 Å². The van der Waals surface area contributed by atoms with Gasteiger partial charge in [-0.25, -0.2) is 0 Å². The van der Waals surface area contributed by atoms with Crippen molar-refractivity contribution in [1.82, 2.24) is 8.61 Å². The molecular weight excluding hydrogens is 226 g/mol. The molecule has 0 bridgehead atoms. The van der Waals surface area contributed by atoms with E-state index in [1.165, 1.54) is 14.2 Å². The second-order valence-corrected chi connectivity index (χ2v) is 6.17. The van der Waals surface area contributed by atoms with Crippen LogP contribution in [-0.4, -0.2) is 50.3 Å². The molecule has 0 amide bonds. The van der Waals surface area contributed by atoms with Gasteiger partial charge < -0.3 is 5.73 Å². The molecular formula is C10H21N3O2S. The van der Waals surface area contributed by atoms with Crippen LogP contribution in [0, 0.1) is 0 Å².